The fraction of sp³-hybridized carbons (Fsp3) is 0.111. The third kappa shape index (κ3) is 5.96. The molecule has 2 N–H and O–H groups in total. The maximum absolute atomic E-state index is 12.6. The summed E-state index contributed by atoms with van der Waals surface area (Å²) in [6, 6.07) is 23.4. The number of aromatic nitrogens is 1. The van der Waals surface area contributed by atoms with Crippen molar-refractivity contribution in [2.45, 2.75) is 13.0 Å². The minimum absolute atomic E-state index is 0.0503. The summed E-state index contributed by atoms with van der Waals surface area (Å²) in [5.74, 6) is 0.288. The maximum Gasteiger partial charge on any atom is 0.261 e. The molecule has 0 aliphatic carbocycles. The Morgan fingerprint density at radius 1 is 1.09 bits per heavy atom. The number of nitrogens with zero attached hydrogens (tertiary/aromatic N) is 1. The van der Waals surface area contributed by atoms with Crippen LogP contribution < -0.4 is 10.1 Å². The number of benzene rings is 3. The van der Waals surface area contributed by atoms with E-state index in [9.17, 15) is 10.1 Å². The van der Waals surface area contributed by atoms with Crippen LogP contribution in [0.25, 0.3) is 17.0 Å². The van der Waals surface area contributed by atoms with Crippen LogP contribution in [0.2, 0.25) is 0 Å². The molecule has 0 bridgehead atoms. The van der Waals surface area contributed by atoms with E-state index >= 15 is 0 Å². The monoisotopic (exact) mass is 577 g/mol. The van der Waals surface area contributed by atoms with Crippen LogP contribution in [0, 0.1) is 11.3 Å². The number of ether oxygens (including phenoxy) is 1. The lowest BCUT2D eigenvalue weighted by atomic mass is 10.1. The number of carbonyl (C=O) groups is 1. The first-order valence-electron chi connectivity index (χ1n) is 10.7. The van der Waals surface area contributed by atoms with E-state index in [0.29, 0.717) is 25.3 Å². The van der Waals surface area contributed by atoms with Gasteiger partial charge < -0.3 is 15.0 Å². The minimum atomic E-state index is -0.394. The molecule has 7 heteroatoms. The van der Waals surface area contributed by atoms with Crippen molar-refractivity contribution in [3.05, 3.63) is 104 Å². The molecule has 0 unspecified atom stereocenters. The van der Waals surface area contributed by atoms with Gasteiger partial charge in [-0.2, -0.15) is 5.26 Å². The molecule has 0 atom stereocenters. The van der Waals surface area contributed by atoms with Gasteiger partial charge in [-0.05, 0) is 75.4 Å². The number of hydrogen-bond acceptors (Lipinski definition) is 3. The molecule has 4 aromatic rings. The Kier molecular flexibility index (Phi) is 7.84. The van der Waals surface area contributed by atoms with Crippen LogP contribution in [-0.2, 0) is 17.8 Å². The molecule has 0 spiro atoms. The largest absolute Gasteiger partial charge is 0.488 e. The predicted octanol–water partition coefficient (Wildman–Crippen LogP) is 6.54. The molecule has 0 aliphatic heterocycles. The fourth-order valence-electron chi connectivity index (χ4n) is 3.53. The van der Waals surface area contributed by atoms with Crippen LogP contribution in [0.4, 0.5) is 0 Å². The zero-order valence-electron chi connectivity index (χ0n) is 18.1. The number of aromatic amines is 1. The molecular formula is C27H21Br2N3O2. The van der Waals surface area contributed by atoms with Gasteiger partial charge in [0, 0.05) is 28.1 Å². The average molecular weight is 579 g/mol. The summed E-state index contributed by atoms with van der Waals surface area (Å²) in [5, 5.41) is 13.5. The molecular weight excluding hydrogens is 558 g/mol. The van der Waals surface area contributed by atoms with E-state index in [1.807, 2.05) is 79.0 Å². The Balaban J connectivity index is 1.36. The lowest BCUT2D eigenvalue weighted by molar-refractivity contribution is -0.117. The molecule has 1 heterocycles. The molecule has 4 rings (SSSR count). The van der Waals surface area contributed by atoms with E-state index in [1.54, 1.807) is 6.08 Å². The Morgan fingerprint density at radius 2 is 1.88 bits per heavy atom. The van der Waals surface area contributed by atoms with Crippen molar-refractivity contribution < 1.29 is 9.53 Å². The highest BCUT2D eigenvalue weighted by Crippen LogP contribution is 2.28. The first-order valence-corrected chi connectivity index (χ1v) is 12.2. The first-order chi connectivity index (χ1) is 16.5. The Morgan fingerprint density at radius 3 is 2.65 bits per heavy atom. The highest BCUT2D eigenvalue weighted by Gasteiger charge is 2.11. The van der Waals surface area contributed by atoms with E-state index in [2.05, 4.69) is 42.2 Å². The standard InChI is InChI=1S/C27H21Br2N3O2/c28-22-8-5-18(6-9-22)17-34-26-10-7-19(14-24(26)29)13-21(15-30)27(33)31-12-11-20-16-32-25-4-2-1-3-23(20)25/h1-10,13-14,16,32H,11-12,17H2,(H,31,33)/b21-13-. The topological polar surface area (TPSA) is 77.9 Å². The molecule has 0 saturated carbocycles. The second kappa shape index (κ2) is 11.2. The number of nitrogens with one attached hydrogen (secondary N) is 2. The quantitative estimate of drug-likeness (QED) is 0.184. The highest BCUT2D eigenvalue weighted by molar-refractivity contribution is 9.10. The van der Waals surface area contributed by atoms with E-state index in [-0.39, 0.29) is 5.57 Å². The summed E-state index contributed by atoms with van der Waals surface area (Å²) < 4.78 is 7.65. The third-order valence-electron chi connectivity index (χ3n) is 5.29. The van der Waals surface area contributed by atoms with Crippen molar-refractivity contribution in [3.63, 3.8) is 0 Å². The van der Waals surface area contributed by atoms with Crippen LogP contribution in [0.1, 0.15) is 16.7 Å². The van der Waals surface area contributed by atoms with Gasteiger partial charge in [0.1, 0.15) is 24.0 Å². The number of fused-ring (bicyclic) bond motifs is 1. The molecule has 34 heavy (non-hydrogen) atoms. The second-order valence-corrected chi connectivity index (χ2v) is 9.41. The number of amides is 1. The van der Waals surface area contributed by atoms with Gasteiger partial charge in [0.25, 0.3) is 5.91 Å². The fourth-order valence-corrected chi connectivity index (χ4v) is 4.30. The van der Waals surface area contributed by atoms with Gasteiger partial charge in [-0.15, -0.1) is 0 Å². The first kappa shape index (κ1) is 23.8. The van der Waals surface area contributed by atoms with Crippen LogP contribution in [0.5, 0.6) is 5.75 Å². The SMILES string of the molecule is N#C/C(=C/c1ccc(OCc2ccc(Br)cc2)c(Br)c1)C(=O)NCCc1c[nH]c2ccccc12. The average Bonchev–Trinajstić information content (AvgIpc) is 3.26. The van der Waals surface area contributed by atoms with Gasteiger partial charge >= 0.3 is 0 Å². The number of halogens is 2. The number of H-pyrrole nitrogens is 1. The number of hydrogen-bond donors (Lipinski definition) is 2. The summed E-state index contributed by atoms with van der Waals surface area (Å²) in [4.78, 5) is 15.8. The minimum Gasteiger partial charge on any atom is -0.488 e. The summed E-state index contributed by atoms with van der Waals surface area (Å²) in [5.41, 5.74) is 4.02. The normalized spacial score (nSPS) is 11.3. The van der Waals surface area contributed by atoms with Gasteiger partial charge in [0.15, 0.2) is 0 Å². The van der Waals surface area contributed by atoms with E-state index < -0.39 is 5.91 Å². The van der Waals surface area contributed by atoms with Crippen molar-refractivity contribution in [1.29, 1.82) is 5.26 Å². The molecule has 0 saturated heterocycles. The predicted molar refractivity (Wildman–Crippen MR) is 141 cm³/mol. The smallest absolute Gasteiger partial charge is 0.261 e. The molecule has 0 fully saturated rings. The Labute approximate surface area is 214 Å². The number of para-hydroxylation sites is 1. The van der Waals surface area contributed by atoms with E-state index in [0.717, 1.165) is 36.5 Å². The van der Waals surface area contributed by atoms with Crippen molar-refractivity contribution in [3.8, 4) is 11.8 Å². The van der Waals surface area contributed by atoms with Crippen LogP contribution in [-0.4, -0.2) is 17.4 Å². The van der Waals surface area contributed by atoms with Crippen molar-refractivity contribution in [1.82, 2.24) is 10.3 Å². The molecule has 1 aromatic heterocycles. The van der Waals surface area contributed by atoms with E-state index in [1.165, 1.54) is 0 Å². The molecule has 5 nitrogen and oxygen atoms in total. The summed E-state index contributed by atoms with van der Waals surface area (Å²) >= 11 is 6.94. The lowest BCUT2D eigenvalue weighted by Crippen LogP contribution is -2.26. The second-order valence-electron chi connectivity index (χ2n) is 7.64. The number of carbonyl (C=O) groups excluding carboxylic acids is 1. The van der Waals surface area contributed by atoms with Crippen LogP contribution >= 0.6 is 31.9 Å². The molecule has 0 radical (unpaired) electrons. The van der Waals surface area contributed by atoms with Crippen molar-refractivity contribution in [2.24, 2.45) is 0 Å². The van der Waals surface area contributed by atoms with Crippen molar-refractivity contribution >= 4 is 54.7 Å². The number of nitriles is 1. The zero-order valence-corrected chi connectivity index (χ0v) is 21.3. The van der Waals surface area contributed by atoms with Gasteiger partial charge in [0.05, 0.1) is 4.47 Å². The van der Waals surface area contributed by atoms with Gasteiger partial charge in [-0.3, -0.25) is 4.79 Å². The summed E-state index contributed by atoms with van der Waals surface area (Å²) in [6.07, 6.45) is 4.20. The molecule has 170 valence electrons. The maximum atomic E-state index is 12.6. The molecule has 1 amide bonds. The van der Waals surface area contributed by atoms with Crippen LogP contribution in [0.15, 0.2) is 87.4 Å². The molecule has 3 aromatic carbocycles. The summed E-state index contributed by atoms with van der Waals surface area (Å²) in [6.45, 7) is 0.871. The van der Waals surface area contributed by atoms with Crippen LogP contribution in [0.3, 0.4) is 0 Å². The van der Waals surface area contributed by atoms with Gasteiger partial charge in [-0.25, -0.2) is 0 Å². The highest BCUT2D eigenvalue weighted by atomic mass is 79.9. The number of rotatable bonds is 8. The zero-order chi connectivity index (χ0) is 23.9. The lowest BCUT2D eigenvalue weighted by Gasteiger charge is -2.09. The van der Waals surface area contributed by atoms with Gasteiger partial charge in [-0.1, -0.05) is 52.3 Å². The van der Waals surface area contributed by atoms with Crippen molar-refractivity contribution in [2.75, 3.05) is 6.54 Å². The van der Waals surface area contributed by atoms with Gasteiger partial charge in [0.2, 0.25) is 0 Å². The van der Waals surface area contributed by atoms with E-state index in [4.69, 9.17) is 4.74 Å². The Hall–Kier alpha value is -3.34. The third-order valence-corrected chi connectivity index (χ3v) is 6.44. The molecule has 0 aliphatic rings. The summed E-state index contributed by atoms with van der Waals surface area (Å²) in [7, 11) is 0. The Bertz CT molecular complexity index is 1390.